The van der Waals surface area contributed by atoms with E-state index in [2.05, 4.69) is 34.7 Å². The predicted octanol–water partition coefficient (Wildman–Crippen LogP) is 8.64. The van der Waals surface area contributed by atoms with E-state index in [1.807, 2.05) is 66.7 Å². The number of nitro groups is 1. The normalized spacial score (nSPS) is 15.8. The number of ether oxygens (including phenoxy) is 1. The van der Waals surface area contributed by atoms with Crippen molar-refractivity contribution in [1.82, 2.24) is 19.8 Å². The van der Waals surface area contributed by atoms with E-state index in [0.29, 0.717) is 55.9 Å². The number of hydrogen-bond donors (Lipinski definition) is 2. The van der Waals surface area contributed by atoms with Gasteiger partial charge in [0.25, 0.3) is 15.7 Å². The van der Waals surface area contributed by atoms with Gasteiger partial charge in [-0.3, -0.25) is 24.6 Å². The molecule has 0 spiro atoms. The Balaban J connectivity index is 0.925. The minimum absolute atomic E-state index is 0.0408. The first-order chi connectivity index (χ1) is 30.9. The van der Waals surface area contributed by atoms with Gasteiger partial charge in [-0.05, 0) is 77.7 Å². The molecule has 5 aromatic carbocycles. The first-order valence-corrected chi connectivity index (χ1v) is 23.4. The van der Waals surface area contributed by atoms with Crippen molar-refractivity contribution in [2.24, 2.45) is 0 Å². The van der Waals surface area contributed by atoms with Crippen LogP contribution in [0.2, 0.25) is 0 Å². The lowest BCUT2D eigenvalue weighted by Crippen LogP contribution is -2.46. The van der Waals surface area contributed by atoms with E-state index >= 15 is 0 Å². The van der Waals surface area contributed by atoms with Crippen molar-refractivity contribution in [3.63, 3.8) is 0 Å². The molecular formula is C46H47F3N8O5S2. The lowest BCUT2D eigenvalue weighted by Gasteiger charge is -2.36. The number of rotatable bonds is 16. The van der Waals surface area contributed by atoms with Gasteiger partial charge < -0.3 is 15.0 Å². The number of nitrogens with zero attached hydrogens (tertiary/aromatic N) is 6. The highest BCUT2D eigenvalue weighted by Crippen LogP contribution is 2.34. The summed E-state index contributed by atoms with van der Waals surface area (Å²) in [7, 11) is -4.32. The molecule has 6 aromatic rings. The highest BCUT2D eigenvalue weighted by molar-refractivity contribution is 7.99. The second-order valence-electron chi connectivity index (χ2n) is 15.7. The second kappa shape index (κ2) is 19.9. The van der Waals surface area contributed by atoms with Crippen LogP contribution in [0.3, 0.4) is 0 Å². The van der Waals surface area contributed by atoms with Crippen LogP contribution in [0, 0.1) is 10.1 Å². The number of fused-ring (bicyclic) bond motifs is 1. The quantitative estimate of drug-likeness (QED) is 0.0545. The monoisotopic (exact) mass is 912 g/mol. The highest BCUT2D eigenvalue weighted by Gasteiger charge is 2.30. The van der Waals surface area contributed by atoms with Gasteiger partial charge in [-0.2, -0.15) is 13.2 Å². The number of alkyl halides is 3. The molecule has 0 bridgehead atoms. The van der Waals surface area contributed by atoms with Crippen molar-refractivity contribution in [3.05, 3.63) is 143 Å². The Bertz CT molecular complexity index is 2670. The molecule has 18 heteroatoms. The number of hydrogen-bond acceptors (Lipinski definition) is 12. The second-order valence-corrected chi connectivity index (χ2v) is 18.4. The summed E-state index contributed by atoms with van der Waals surface area (Å²) >= 11 is 1.65. The van der Waals surface area contributed by atoms with Gasteiger partial charge in [-0.15, -0.1) is 11.8 Å². The van der Waals surface area contributed by atoms with Gasteiger partial charge in [-0.25, -0.2) is 18.4 Å². The van der Waals surface area contributed by atoms with E-state index in [4.69, 9.17) is 4.74 Å². The molecule has 334 valence electrons. The summed E-state index contributed by atoms with van der Waals surface area (Å²) in [5.74, 6) is 0.678. The summed E-state index contributed by atoms with van der Waals surface area (Å²) in [5, 5.41) is 16.2. The van der Waals surface area contributed by atoms with Crippen molar-refractivity contribution in [3.8, 4) is 11.1 Å². The molecule has 64 heavy (non-hydrogen) atoms. The average Bonchev–Trinajstić information content (AvgIpc) is 3.30. The maximum Gasteiger partial charge on any atom is 0.416 e. The Morgan fingerprint density at radius 3 is 2.30 bits per heavy atom. The third-order valence-corrected chi connectivity index (χ3v) is 14.0. The molecule has 1 aromatic heterocycles. The molecule has 1 unspecified atom stereocenters. The Morgan fingerprint density at radius 2 is 1.56 bits per heavy atom. The Kier molecular flexibility index (Phi) is 14.0. The van der Waals surface area contributed by atoms with Crippen LogP contribution >= 0.6 is 11.8 Å². The lowest BCUT2D eigenvalue weighted by atomic mass is 9.98. The van der Waals surface area contributed by atoms with Crippen molar-refractivity contribution in [1.29, 1.82) is 0 Å². The molecule has 2 N–H and O–H groups in total. The van der Waals surface area contributed by atoms with E-state index in [0.717, 1.165) is 78.2 Å². The zero-order chi connectivity index (χ0) is 44.7. The van der Waals surface area contributed by atoms with Crippen LogP contribution in [0.1, 0.15) is 17.5 Å². The molecule has 3 heterocycles. The smallest absolute Gasteiger partial charge is 0.379 e. The molecule has 2 aliphatic rings. The molecule has 1 atom stereocenters. The lowest BCUT2D eigenvalue weighted by molar-refractivity contribution is -0.384. The number of morpholine rings is 1. The third kappa shape index (κ3) is 11.1. The number of aromatic nitrogens is 2. The molecule has 0 saturated carbocycles. The van der Waals surface area contributed by atoms with E-state index in [-0.39, 0.29) is 28.1 Å². The maximum atomic E-state index is 13.8. The molecule has 2 fully saturated rings. The molecule has 0 aliphatic carbocycles. The van der Waals surface area contributed by atoms with Crippen molar-refractivity contribution in [2.45, 2.75) is 35.0 Å². The predicted molar refractivity (Wildman–Crippen MR) is 244 cm³/mol. The van der Waals surface area contributed by atoms with Crippen LogP contribution in [0.25, 0.3) is 22.0 Å². The summed E-state index contributed by atoms with van der Waals surface area (Å²) in [6, 6.07) is 32.1. The summed E-state index contributed by atoms with van der Waals surface area (Å²) in [6.45, 7) is 7.23. The van der Waals surface area contributed by atoms with E-state index in [1.165, 1.54) is 30.6 Å². The van der Waals surface area contributed by atoms with Gasteiger partial charge in [0.1, 0.15) is 12.0 Å². The van der Waals surface area contributed by atoms with Gasteiger partial charge in [0.2, 0.25) is 0 Å². The van der Waals surface area contributed by atoms with Crippen LogP contribution in [0.4, 0.5) is 36.1 Å². The van der Waals surface area contributed by atoms with E-state index in [9.17, 15) is 31.7 Å². The summed E-state index contributed by atoms with van der Waals surface area (Å²) in [6.07, 6.45) is -2.41. The summed E-state index contributed by atoms with van der Waals surface area (Å²) in [4.78, 5) is 28.1. The van der Waals surface area contributed by atoms with E-state index in [1.54, 1.807) is 17.8 Å². The molecule has 2 aliphatic heterocycles. The van der Waals surface area contributed by atoms with Crippen LogP contribution in [0.15, 0.2) is 131 Å². The minimum atomic E-state index is -4.40. The van der Waals surface area contributed by atoms with Crippen molar-refractivity contribution >= 4 is 55.6 Å². The molecule has 13 nitrogen and oxygen atoms in total. The molecule has 2 saturated heterocycles. The fourth-order valence-corrected chi connectivity index (χ4v) is 9.98. The molecule has 0 amide bonds. The first-order valence-electron chi connectivity index (χ1n) is 20.9. The van der Waals surface area contributed by atoms with Gasteiger partial charge >= 0.3 is 6.18 Å². The van der Waals surface area contributed by atoms with Crippen molar-refractivity contribution < 1.29 is 31.2 Å². The average molecular weight is 913 g/mol. The zero-order valence-electron chi connectivity index (χ0n) is 34.8. The number of thioether (sulfide) groups is 1. The molecule has 8 rings (SSSR count). The standard InChI is InChI=1S/C46H47F3N8O5S2/c47-46(48,49)35-12-10-33(11-13-35)40-9-5-4-6-34(40)30-55-20-22-56(23-21-55)37-14-16-41-43(28-37)50-32-51-45(41)53-64(60,61)39-15-17-42(44(29-39)57(58)59)52-36(18-19-54-24-26-62-27-25-54)31-63-38-7-2-1-3-8-38/h1-17,28-29,32,36,52H,18-27,30-31H2,(H,50,51,53). The van der Waals surface area contributed by atoms with Gasteiger partial charge in [-0.1, -0.05) is 54.6 Å². The zero-order valence-corrected chi connectivity index (χ0v) is 36.4. The van der Waals surface area contributed by atoms with Crippen LogP contribution in [-0.4, -0.2) is 104 Å². The topological polar surface area (TPSA) is 146 Å². The number of nitro benzene ring substituents is 1. The van der Waals surface area contributed by atoms with Gasteiger partial charge in [0, 0.05) is 86.2 Å². The number of nitrogens with one attached hydrogen (secondary N) is 2. The fourth-order valence-electron chi connectivity index (χ4n) is 7.94. The molecular weight excluding hydrogens is 866 g/mol. The number of anilines is 3. The molecule has 0 radical (unpaired) electrons. The fraction of sp³-hybridized carbons (Fsp3) is 0.304. The van der Waals surface area contributed by atoms with E-state index < -0.39 is 26.7 Å². The summed E-state index contributed by atoms with van der Waals surface area (Å²) in [5.41, 5.74) is 3.24. The van der Waals surface area contributed by atoms with Gasteiger partial charge in [0.15, 0.2) is 5.82 Å². The van der Waals surface area contributed by atoms with Gasteiger partial charge in [0.05, 0.1) is 34.1 Å². The minimum Gasteiger partial charge on any atom is -0.379 e. The van der Waals surface area contributed by atoms with Crippen LogP contribution < -0.4 is 14.9 Å². The highest BCUT2D eigenvalue weighted by atomic mass is 32.2. The van der Waals surface area contributed by atoms with Crippen molar-refractivity contribution in [2.75, 3.05) is 79.7 Å². The Hall–Kier alpha value is -5.79. The number of piperazine rings is 1. The summed E-state index contributed by atoms with van der Waals surface area (Å²) < 4.78 is 75.2. The Labute approximate surface area is 373 Å². The largest absolute Gasteiger partial charge is 0.416 e. The maximum absolute atomic E-state index is 13.8. The van der Waals surface area contributed by atoms with Crippen LogP contribution in [-0.2, 0) is 27.5 Å². The SMILES string of the molecule is O=[N+]([O-])c1cc(S(=O)(=O)Nc2ncnc3cc(N4CCN(Cc5ccccc5-c5ccc(C(F)(F)F)cc5)CC4)ccc23)ccc1NC(CCN1CCOCC1)CSc1ccccc1. The number of sulfonamides is 1. The van der Waals surface area contributed by atoms with Crippen LogP contribution in [0.5, 0.6) is 0 Å². The number of benzene rings is 5. The number of halogens is 3. The Morgan fingerprint density at radius 1 is 0.828 bits per heavy atom. The first kappa shape index (κ1) is 44.8. The third-order valence-electron chi connectivity index (χ3n) is 11.5.